The minimum atomic E-state index is -0.400. The van der Waals surface area contributed by atoms with Gasteiger partial charge in [-0.1, -0.05) is 20.8 Å². The lowest BCUT2D eigenvalue weighted by atomic mass is 9.92. The van der Waals surface area contributed by atoms with Crippen LogP contribution in [0.25, 0.3) is 0 Å². The molecule has 0 heterocycles. The van der Waals surface area contributed by atoms with E-state index in [2.05, 4.69) is 4.99 Å². The van der Waals surface area contributed by atoms with Crippen molar-refractivity contribution in [3.05, 3.63) is 0 Å². The maximum absolute atomic E-state index is 10.6. The van der Waals surface area contributed by atoms with E-state index in [4.69, 9.17) is 0 Å². The molecule has 0 aromatic carbocycles. The highest BCUT2D eigenvalue weighted by molar-refractivity contribution is 5.81. The Labute approximate surface area is 60.1 Å². The Kier molecular flexibility index (Phi) is 2.97. The van der Waals surface area contributed by atoms with Gasteiger partial charge in [0, 0.05) is 6.42 Å². The summed E-state index contributed by atoms with van der Waals surface area (Å²) in [5.41, 5.74) is -0.0998. The molecule has 56 valence electrons. The lowest BCUT2D eigenvalue weighted by molar-refractivity contribution is -0.119. The first kappa shape index (κ1) is 9.05. The van der Waals surface area contributed by atoms with E-state index in [9.17, 15) is 9.59 Å². The number of nitrogens with zero attached hydrogens (tertiary/aromatic N) is 1. The standard InChI is InChI=1S/C7H11NO2/c1-7(2,3)4-6(10)8-5-9/h4H2,1-3H3. The number of carbonyl (C=O) groups is 1. The number of hydrogen-bond acceptors (Lipinski definition) is 2. The molecule has 0 aliphatic heterocycles. The maximum Gasteiger partial charge on any atom is 0.257 e. The molecule has 0 saturated heterocycles. The van der Waals surface area contributed by atoms with E-state index in [1.807, 2.05) is 20.8 Å². The molecular formula is C7H11NO2. The van der Waals surface area contributed by atoms with Gasteiger partial charge >= 0.3 is 0 Å². The molecule has 10 heavy (non-hydrogen) atoms. The molecule has 0 radical (unpaired) electrons. The first-order valence-electron chi connectivity index (χ1n) is 3.06. The van der Waals surface area contributed by atoms with Crippen molar-refractivity contribution in [2.24, 2.45) is 10.4 Å². The lowest BCUT2D eigenvalue weighted by Gasteiger charge is -2.13. The summed E-state index contributed by atoms with van der Waals surface area (Å²) in [7, 11) is 0. The molecule has 0 atom stereocenters. The van der Waals surface area contributed by atoms with Gasteiger partial charge in [0.2, 0.25) is 6.08 Å². The summed E-state index contributed by atoms with van der Waals surface area (Å²) in [5.74, 6) is -0.400. The fourth-order valence-electron chi connectivity index (χ4n) is 0.544. The molecule has 0 unspecified atom stereocenters. The van der Waals surface area contributed by atoms with Crippen LogP contribution in [-0.4, -0.2) is 12.0 Å². The summed E-state index contributed by atoms with van der Waals surface area (Å²) >= 11 is 0. The summed E-state index contributed by atoms with van der Waals surface area (Å²) in [5, 5.41) is 0. The van der Waals surface area contributed by atoms with Crippen molar-refractivity contribution in [3.8, 4) is 0 Å². The van der Waals surface area contributed by atoms with Gasteiger partial charge in [0.1, 0.15) is 0 Å². The molecule has 0 aliphatic rings. The van der Waals surface area contributed by atoms with Crippen LogP contribution >= 0.6 is 0 Å². The average molecular weight is 141 g/mol. The minimum absolute atomic E-state index is 0.0998. The number of amides is 1. The van der Waals surface area contributed by atoms with Gasteiger partial charge in [-0.2, -0.15) is 0 Å². The number of isocyanates is 1. The monoisotopic (exact) mass is 141 g/mol. The Hall–Kier alpha value is -0.950. The predicted octanol–water partition coefficient (Wildman–Crippen LogP) is 1.29. The molecule has 0 bridgehead atoms. The van der Waals surface area contributed by atoms with Crippen molar-refractivity contribution in [2.75, 3.05) is 0 Å². The van der Waals surface area contributed by atoms with Crippen molar-refractivity contribution in [2.45, 2.75) is 27.2 Å². The summed E-state index contributed by atoms with van der Waals surface area (Å²) in [6.45, 7) is 5.72. The van der Waals surface area contributed by atoms with Gasteiger partial charge in [0.15, 0.2) is 0 Å². The molecule has 0 spiro atoms. The molecular weight excluding hydrogens is 130 g/mol. The third-order valence-electron chi connectivity index (χ3n) is 0.852. The zero-order valence-electron chi connectivity index (χ0n) is 6.47. The zero-order valence-corrected chi connectivity index (χ0v) is 6.47. The van der Waals surface area contributed by atoms with Crippen molar-refractivity contribution < 1.29 is 9.59 Å². The molecule has 0 N–H and O–H groups in total. The van der Waals surface area contributed by atoms with Gasteiger partial charge < -0.3 is 0 Å². The van der Waals surface area contributed by atoms with E-state index in [0.29, 0.717) is 6.42 Å². The highest BCUT2D eigenvalue weighted by Crippen LogP contribution is 2.18. The summed E-state index contributed by atoms with van der Waals surface area (Å²) in [6.07, 6.45) is 1.51. The Morgan fingerprint density at radius 3 is 2.30 bits per heavy atom. The number of carbonyl (C=O) groups excluding carboxylic acids is 2. The smallest absolute Gasteiger partial charge is 0.257 e. The van der Waals surface area contributed by atoms with E-state index in [-0.39, 0.29) is 5.41 Å². The van der Waals surface area contributed by atoms with Crippen LogP contribution in [0.1, 0.15) is 27.2 Å². The van der Waals surface area contributed by atoms with Crippen LogP contribution in [0.2, 0.25) is 0 Å². The molecule has 0 saturated carbocycles. The summed E-state index contributed by atoms with van der Waals surface area (Å²) in [6, 6.07) is 0. The molecule has 0 aromatic rings. The van der Waals surface area contributed by atoms with Gasteiger partial charge in [-0.15, -0.1) is 4.99 Å². The number of rotatable bonds is 1. The first-order valence-corrected chi connectivity index (χ1v) is 3.06. The quantitative estimate of drug-likeness (QED) is 0.408. The molecule has 0 fully saturated rings. The average Bonchev–Trinajstić information content (AvgIpc) is 1.59. The fraction of sp³-hybridized carbons (Fsp3) is 0.714. The van der Waals surface area contributed by atoms with Crippen LogP contribution < -0.4 is 0 Å². The van der Waals surface area contributed by atoms with Crippen molar-refractivity contribution >= 4 is 12.0 Å². The second-order valence-corrected chi connectivity index (χ2v) is 3.33. The lowest BCUT2D eigenvalue weighted by Crippen LogP contribution is -2.10. The number of aliphatic imine (C=N–C) groups is 1. The largest absolute Gasteiger partial charge is 0.272 e. The van der Waals surface area contributed by atoms with Crippen LogP contribution in [0.3, 0.4) is 0 Å². The van der Waals surface area contributed by atoms with Crippen molar-refractivity contribution in [1.29, 1.82) is 0 Å². The molecule has 0 aliphatic carbocycles. The topological polar surface area (TPSA) is 46.5 Å². The third-order valence-corrected chi connectivity index (χ3v) is 0.852. The Bertz CT molecular complexity index is 173. The Balaban J connectivity index is 3.92. The van der Waals surface area contributed by atoms with E-state index < -0.39 is 5.91 Å². The molecule has 3 nitrogen and oxygen atoms in total. The van der Waals surface area contributed by atoms with Gasteiger partial charge in [-0.05, 0) is 5.41 Å². The van der Waals surface area contributed by atoms with Gasteiger partial charge in [-0.3, -0.25) is 4.79 Å². The highest BCUT2D eigenvalue weighted by Gasteiger charge is 2.14. The molecule has 0 aromatic heterocycles. The van der Waals surface area contributed by atoms with Crippen molar-refractivity contribution in [1.82, 2.24) is 0 Å². The van der Waals surface area contributed by atoms with E-state index in [0.717, 1.165) is 0 Å². The van der Waals surface area contributed by atoms with Gasteiger partial charge in [0.05, 0.1) is 0 Å². The van der Waals surface area contributed by atoms with Crippen LogP contribution in [0, 0.1) is 5.41 Å². The van der Waals surface area contributed by atoms with E-state index >= 15 is 0 Å². The highest BCUT2D eigenvalue weighted by atomic mass is 16.2. The van der Waals surface area contributed by atoms with E-state index in [1.54, 1.807) is 0 Å². The molecule has 0 rings (SSSR count). The fourth-order valence-corrected chi connectivity index (χ4v) is 0.544. The number of hydrogen-bond donors (Lipinski definition) is 0. The Morgan fingerprint density at radius 1 is 1.50 bits per heavy atom. The molecule has 1 amide bonds. The third kappa shape index (κ3) is 5.19. The predicted molar refractivity (Wildman–Crippen MR) is 37.2 cm³/mol. The summed E-state index contributed by atoms with van der Waals surface area (Å²) < 4.78 is 0. The minimum Gasteiger partial charge on any atom is -0.272 e. The first-order chi connectivity index (χ1) is 4.45. The second kappa shape index (κ2) is 3.28. The maximum atomic E-state index is 10.6. The SMILES string of the molecule is CC(C)(C)CC(=O)N=C=O. The molecule has 3 heteroatoms. The zero-order chi connectivity index (χ0) is 8.20. The van der Waals surface area contributed by atoms with Crippen LogP contribution in [0.5, 0.6) is 0 Å². The van der Waals surface area contributed by atoms with Crippen molar-refractivity contribution in [3.63, 3.8) is 0 Å². The van der Waals surface area contributed by atoms with Crippen LogP contribution in [-0.2, 0) is 9.59 Å². The van der Waals surface area contributed by atoms with Gasteiger partial charge in [0.25, 0.3) is 5.91 Å². The van der Waals surface area contributed by atoms with E-state index in [1.165, 1.54) is 6.08 Å². The van der Waals surface area contributed by atoms with Gasteiger partial charge in [-0.25, -0.2) is 4.79 Å². The van der Waals surface area contributed by atoms with Crippen LogP contribution in [0.4, 0.5) is 0 Å². The second-order valence-electron chi connectivity index (χ2n) is 3.33. The summed E-state index contributed by atoms with van der Waals surface area (Å²) in [4.78, 5) is 23.2. The Morgan fingerprint density at radius 2 is 2.00 bits per heavy atom. The normalized spacial score (nSPS) is 10.3. The van der Waals surface area contributed by atoms with Crippen LogP contribution in [0.15, 0.2) is 4.99 Å².